The third-order valence-corrected chi connectivity index (χ3v) is 3.68. The summed E-state index contributed by atoms with van der Waals surface area (Å²) in [4.78, 5) is 14.1. The van der Waals surface area contributed by atoms with Gasteiger partial charge in [-0.15, -0.1) is 0 Å². The highest BCUT2D eigenvalue weighted by molar-refractivity contribution is 5.96. The number of anilines is 2. The summed E-state index contributed by atoms with van der Waals surface area (Å²) < 4.78 is 5.03. The predicted octanol–water partition coefficient (Wildman–Crippen LogP) is 2.68. The summed E-state index contributed by atoms with van der Waals surface area (Å²) in [5, 5.41) is 0. The quantitative estimate of drug-likeness (QED) is 0.672. The van der Waals surface area contributed by atoms with Crippen LogP contribution in [0.25, 0.3) is 0 Å². The Labute approximate surface area is 114 Å². The fourth-order valence-corrected chi connectivity index (χ4v) is 2.39. The minimum Gasteiger partial charge on any atom is -0.462 e. The average Bonchev–Trinajstić information content (AvgIpc) is 2.40. The number of rotatable bonds is 3. The van der Waals surface area contributed by atoms with Crippen LogP contribution in [0, 0.1) is 5.92 Å². The van der Waals surface area contributed by atoms with E-state index in [1.807, 2.05) is 12.1 Å². The highest BCUT2D eigenvalue weighted by Crippen LogP contribution is 2.26. The molecule has 0 atom stereocenters. The van der Waals surface area contributed by atoms with E-state index in [4.69, 9.17) is 10.5 Å². The smallest absolute Gasteiger partial charge is 0.340 e. The van der Waals surface area contributed by atoms with E-state index in [1.54, 1.807) is 13.0 Å². The van der Waals surface area contributed by atoms with Crippen molar-refractivity contribution >= 4 is 17.3 Å². The van der Waals surface area contributed by atoms with Gasteiger partial charge in [0.2, 0.25) is 0 Å². The Bertz CT molecular complexity index is 451. The molecule has 0 saturated carbocycles. The Morgan fingerprint density at radius 3 is 2.74 bits per heavy atom. The highest BCUT2D eigenvalue weighted by atomic mass is 16.5. The minimum atomic E-state index is -0.341. The SMILES string of the molecule is CCOC(=O)c1cc(N2CCC(C)CC2)ccc1N. The molecule has 1 aromatic rings. The zero-order valence-electron chi connectivity index (χ0n) is 11.7. The fourth-order valence-electron chi connectivity index (χ4n) is 2.39. The van der Waals surface area contributed by atoms with Crippen molar-refractivity contribution in [2.75, 3.05) is 30.3 Å². The van der Waals surface area contributed by atoms with Crippen molar-refractivity contribution in [2.45, 2.75) is 26.7 Å². The normalized spacial score (nSPS) is 16.4. The van der Waals surface area contributed by atoms with Crippen LogP contribution >= 0.6 is 0 Å². The second-order valence-corrected chi connectivity index (χ2v) is 5.16. The first-order valence-electron chi connectivity index (χ1n) is 6.93. The van der Waals surface area contributed by atoms with Gasteiger partial charge in [-0.05, 0) is 43.9 Å². The van der Waals surface area contributed by atoms with E-state index in [2.05, 4.69) is 11.8 Å². The maximum absolute atomic E-state index is 11.8. The lowest BCUT2D eigenvalue weighted by Gasteiger charge is -2.32. The molecule has 19 heavy (non-hydrogen) atoms. The number of nitrogen functional groups attached to an aromatic ring is 1. The van der Waals surface area contributed by atoms with E-state index >= 15 is 0 Å². The summed E-state index contributed by atoms with van der Waals surface area (Å²) >= 11 is 0. The molecule has 0 amide bonds. The fraction of sp³-hybridized carbons (Fsp3) is 0.533. The Kier molecular flexibility index (Phi) is 4.30. The van der Waals surface area contributed by atoms with Crippen LogP contribution in [0.2, 0.25) is 0 Å². The highest BCUT2D eigenvalue weighted by Gasteiger charge is 2.18. The van der Waals surface area contributed by atoms with E-state index in [0.717, 1.165) is 24.7 Å². The van der Waals surface area contributed by atoms with Gasteiger partial charge in [-0.2, -0.15) is 0 Å². The Balaban J connectivity index is 2.18. The van der Waals surface area contributed by atoms with E-state index in [9.17, 15) is 4.79 Å². The van der Waals surface area contributed by atoms with Gasteiger partial charge in [-0.1, -0.05) is 6.92 Å². The summed E-state index contributed by atoms with van der Waals surface area (Å²) in [6.45, 7) is 6.51. The van der Waals surface area contributed by atoms with Crippen LogP contribution in [0.3, 0.4) is 0 Å². The lowest BCUT2D eigenvalue weighted by atomic mass is 9.98. The van der Waals surface area contributed by atoms with Gasteiger partial charge in [0.15, 0.2) is 0 Å². The molecule has 1 aliphatic heterocycles. The second kappa shape index (κ2) is 5.95. The molecule has 4 heteroatoms. The number of carbonyl (C=O) groups excluding carboxylic acids is 1. The molecule has 0 aromatic heterocycles. The van der Waals surface area contributed by atoms with Crippen LogP contribution in [0.4, 0.5) is 11.4 Å². The number of hydrogen-bond donors (Lipinski definition) is 1. The molecule has 104 valence electrons. The molecule has 1 aliphatic rings. The largest absolute Gasteiger partial charge is 0.462 e. The predicted molar refractivity (Wildman–Crippen MR) is 77.4 cm³/mol. The number of hydrogen-bond acceptors (Lipinski definition) is 4. The van der Waals surface area contributed by atoms with Crippen LogP contribution in [-0.2, 0) is 4.74 Å². The van der Waals surface area contributed by atoms with Gasteiger partial charge >= 0.3 is 5.97 Å². The van der Waals surface area contributed by atoms with Gasteiger partial charge in [0.25, 0.3) is 0 Å². The first-order chi connectivity index (χ1) is 9.11. The first kappa shape index (κ1) is 13.7. The maximum Gasteiger partial charge on any atom is 0.340 e. The molecular weight excluding hydrogens is 240 g/mol. The topological polar surface area (TPSA) is 55.6 Å². The molecule has 2 N–H and O–H groups in total. The monoisotopic (exact) mass is 262 g/mol. The molecule has 0 spiro atoms. The summed E-state index contributed by atoms with van der Waals surface area (Å²) in [5.74, 6) is 0.446. The van der Waals surface area contributed by atoms with Crippen molar-refractivity contribution in [1.29, 1.82) is 0 Å². The number of nitrogens with two attached hydrogens (primary N) is 1. The number of nitrogens with zero attached hydrogens (tertiary/aromatic N) is 1. The molecule has 0 radical (unpaired) electrons. The third kappa shape index (κ3) is 3.19. The molecule has 1 saturated heterocycles. The lowest BCUT2D eigenvalue weighted by Crippen LogP contribution is -2.32. The van der Waals surface area contributed by atoms with Crippen molar-refractivity contribution in [3.8, 4) is 0 Å². The van der Waals surface area contributed by atoms with Crippen molar-refractivity contribution in [3.05, 3.63) is 23.8 Å². The van der Waals surface area contributed by atoms with E-state index in [-0.39, 0.29) is 5.97 Å². The molecule has 4 nitrogen and oxygen atoms in total. The van der Waals surface area contributed by atoms with E-state index in [1.165, 1.54) is 12.8 Å². The summed E-state index contributed by atoms with van der Waals surface area (Å²) in [5.41, 5.74) is 7.86. The van der Waals surface area contributed by atoms with E-state index in [0.29, 0.717) is 17.9 Å². The van der Waals surface area contributed by atoms with Gasteiger partial charge in [0, 0.05) is 24.5 Å². The molecule has 1 fully saturated rings. The Morgan fingerprint density at radius 2 is 2.11 bits per heavy atom. The molecular formula is C15H22N2O2. The van der Waals surface area contributed by atoms with Gasteiger partial charge in [-0.25, -0.2) is 4.79 Å². The van der Waals surface area contributed by atoms with Crippen LogP contribution in [0.5, 0.6) is 0 Å². The molecule has 1 heterocycles. The Hall–Kier alpha value is -1.71. The van der Waals surface area contributed by atoms with Gasteiger partial charge in [0.05, 0.1) is 12.2 Å². The number of carbonyl (C=O) groups is 1. The first-order valence-corrected chi connectivity index (χ1v) is 6.93. The van der Waals surface area contributed by atoms with Crippen LogP contribution in [-0.4, -0.2) is 25.7 Å². The second-order valence-electron chi connectivity index (χ2n) is 5.16. The van der Waals surface area contributed by atoms with Gasteiger partial charge in [-0.3, -0.25) is 0 Å². The molecule has 0 bridgehead atoms. The van der Waals surface area contributed by atoms with Crippen LogP contribution < -0.4 is 10.6 Å². The number of benzene rings is 1. The van der Waals surface area contributed by atoms with Crippen LogP contribution in [0.15, 0.2) is 18.2 Å². The van der Waals surface area contributed by atoms with Gasteiger partial charge < -0.3 is 15.4 Å². The Morgan fingerprint density at radius 1 is 1.42 bits per heavy atom. The maximum atomic E-state index is 11.8. The standard InChI is InChI=1S/C15H22N2O2/c1-3-19-15(18)13-10-12(4-5-14(13)16)17-8-6-11(2)7-9-17/h4-5,10-11H,3,6-9,16H2,1-2H3. The summed E-state index contributed by atoms with van der Waals surface area (Å²) in [6, 6.07) is 5.62. The molecule has 2 rings (SSSR count). The third-order valence-electron chi connectivity index (χ3n) is 3.68. The van der Waals surface area contributed by atoms with E-state index < -0.39 is 0 Å². The number of esters is 1. The minimum absolute atomic E-state index is 0.341. The van der Waals surface area contributed by atoms with Crippen molar-refractivity contribution in [1.82, 2.24) is 0 Å². The van der Waals surface area contributed by atoms with Crippen molar-refractivity contribution in [3.63, 3.8) is 0 Å². The van der Waals surface area contributed by atoms with Crippen molar-refractivity contribution < 1.29 is 9.53 Å². The zero-order valence-corrected chi connectivity index (χ0v) is 11.7. The average molecular weight is 262 g/mol. The molecule has 1 aromatic carbocycles. The number of ether oxygens (including phenoxy) is 1. The molecule has 0 unspecified atom stereocenters. The summed E-state index contributed by atoms with van der Waals surface area (Å²) in [6.07, 6.45) is 2.39. The summed E-state index contributed by atoms with van der Waals surface area (Å²) in [7, 11) is 0. The number of piperidine rings is 1. The zero-order chi connectivity index (χ0) is 13.8. The van der Waals surface area contributed by atoms with Crippen molar-refractivity contribution in [2.24, 2.45) is 5.92 Å². The lowest BCUT2D eigenvalue weighted by molar-refractivity contribution is 0.0527. The van der Waals surface area contributed by atoms with Crippen LogP contribution in [0.1, 0.15) is 37.0 Å². The molecule has 0 aliphatic carbocycles. The van der Waals surface area contributed by atoms with Gasteiger partial charge in [0.1, 0.15) is 0 Å².